The Morgan fingerprint density at radius 1 is 1.47 bits per heavy atom. The van der Waals surface area contributed by atoms with Crippen molar-refractivity contribution in [2.24, 2.45) is 0 Å². The number of hydrogen-bond acceptors (Lipinski definition) is 2. The predicted molar refractivity (Wildman–Crippen MR) is 67.0 cm³/mol. The molecule has 0 aliphatic heterocycles. The van der Waals surface area contributed by atoms with Gasteiger partial charge >= 0.3 is 6.03 Å². The molecule has 17 heavy (non-hydrogen) atoms. The van der Waals surface area contributed by atoms with Crippen LogP contribution in [0.5, 0.6) is 0 Å². The average Bonchev–Trinajstić information content (AvgIpc) is 2.77. The molecular formula is C12H20N4O. The minimum absolute atomic E-state index is 0.129. The van der Waals surface area contributed by atoms with Gasteiger partial charge in [0.15, 0.2) is 0 Å². The van der Waals surface area contributed by atoms with Crippen molar-refractivity contribution in [3.63, 3.8) is 0 Å². The maximum atomic E-state index is 11.8. The molecule has 1 aromatic heterocycles. The first-order valence-corrected chi connectivity index (χ1v) is 6.39. The predicted octanol–water partition coefficient (Wildman–Crippen LogP) is 2.43. The minimum atomic E-state index is -0.129. The van der Waals surface area contributed by atoms with E-state index in [1.54, 1.807) is 6.20 Å². The van der Waals surface area contributed by atoms with Gasteiger partial charge in [0, 0.05) is 11.6 Å². The van der Waals surface area contributed by atoms with Crippen LogP contribution in [-0.2, 0) is 6.42 Å². The maximum absolute atomic E-state index is 11.8. The molecule has 0 spiro atoms. The number of H-pyrrole nitrogens is 1. The third-order valence-electron chi connectivity index (χ3n) is 3.28. The van der Waals surface area contributed by atoms with Crippen molar-refractivity contribution in [2.45, 2.75) is 51.5 Å². The Labute approximate surface area is 101 Å². The summed E-state index contributed by atoms with van der Waals surface area (Å²) in [4.78, 5) is 11.8. The summed E-state index contributed by atoms with van der Waals surface area (Å²) in [6.07, 6.45) is 8.52. The lowest BCUT2D eigenvalue weighted by Crippen LogP contribution is -2.39. The molecule has 1 fully saturated rings. The third kappa shape index (κ3) is 3.22. The van der Waals surface area contributed by atoms with Crippen LogP contribution in [0.1, 0.15) is 44.6 Å². The summed E-state index contributed by atoms with van der Waals surface area (Å²) in [7, 11) is 0. The number of aryl methyl sites for hydroxylation is 1. The Hall–Kier alpha value is -1.52. The molecule has 5 nitrogen and oxygen atoms in total. The number of rotatable bonds is 3. The second-order valence-corrected chi connectivity index (χ2v) is 4.56. The first-order valence-electron chi connectivity index (χ1n) is 6.39. The number of aromatic amines is 1. The molecule has 0 saturated heterocycles. The SMILES string of the molecule is CCc1cn[nH]c1NC(=O)NC1CCCCC1. The van der Waals surface area contributed by atoms with E-state index in [1.807, 2.05) is 6.92 Å². The fourth-order valence-corrected chi connectivity index (χ4v) is 2.27. The number of aromatic nitrogens is 2. The molecule has 94 valence electrons. The van der Waals surface area contributed by atoms with E-state index in [9.17, 15) is 4.79 Å². The number of hydrogen-bond donors (Lipinski definition) is 3. The van der Waals surface area contributed by atoms with Crippen LogP contribution in [0.25, 0.3) is 0 Å². The van der Waals surface area contributed by atoms with Gasteiger partial charge in [0.1, 0.15) is 5.82 Å². The molecule has 1 heterocycles. The van der Waals surface area contributed by atoms with E-state index in [4.69, 9.17) is 0 Å². The van der Waals surface area contributed by atoms with Crippen LogP contribution < -0.4 is 10.6 Å². The van der Waals surface area contributed by atoms with E-state index in [0.717, 1.165) is 24.8 Å². The van der Waals surface area contributed by atoms with E-state index in [2.05, 4.69) is 20.8 Å². The molecule has 2 amide bonds. The second-order valence-electron chi connectivity index (χ2n) is 4.56. The Bertz CT molecular complexity index is 368. The van der Waals surface area contributed by atoms with Crippen molar-refractivity contribution >= 4 is 11.8 Å². The van der Waals surface area contributed by atoms with Gasteiger partial charge in [0.05, 0.1) is 6.20 Å². The van der Waals surface area contributed by atoms with Crippen LogP contribution in [0.3, 0.4) is 0 Å². The standard InChI is InChI=1S/C12H20N4O/c1-2-9-8-13-16-11(9)15-12(17)14-10-6-4-3-5-7-10/h8,10H,2-7H2,1H3,(H3,13,14,15,16,17). The second kappa shape index (κ2) is 5.70. The number of nitrogens with one attached hydrogen (secondary N) is 3. The van der Waals surface area contributed by atoms with E-state index in [1.165, 1.54) is 19.3 Å². The Kier molecular flexibility index (Phi) is 4.01. The lowest BCUT2D eigenvalue weighted by molar-refractivity contribution is 0.244. The first kappa shape index (κ1) is 12.0. The van der Waals surface area contributed by atoms with Gasteiger partial charge in [-0.05, 0) is 19.3 Å². The highest BCUT2D eigenvalue weighted by Gasteiger charge is 2.16. The maximum Gasteiger partial charge on any atom is 0.320 e. The lowest BCUT2D eigenvalue weighted by atomic mass is 9.96. The highest BCUT2D eigenvalue weighted by atomic mass is 16.2. The topological polar surface area (TPSA) is 69.8 Å². The summed E-state index contributed by atoms with van der Waals surface area (Å²) in [5.41, 5.74) is 1.03. The highest BCUT2D eigenvalue weighted by molar-refractivity contribution is 5.89. The van der Waals surface area contributed by atoms with Gasteiger partial charge in [0.2, 0.25) is 0 Å². The van der Waals surface area contributed by atoms with Gasteiger partial charge in [-0.1, -0.05) is 26.2 Å². The summed E-state index contributed by atoms with van der Waals surface area (Å²) in [5, 5.41) is 12.6. The first-order chi connectivity index (χ1) is 8.29. The van der Waals surface area contributed by atoms with Crippen LogP contribution in [0.15, 0.2) is 6.20 Å². The van der Waals surface area contributed by atoms with Crippen molar-refractivity contribution in [2.75, 3.05) is 5.32 Å². The summed E-state index contributed by atoms with van der Waals surface area (Å²) in [5.74, 6) is 0.709. The molecule has 0 bridgehead atoms. The largest absolute Gasteiger partial charge is 0.335 e. The number of anilines is 1. The van der Waals surface area contributed by atoms with E-state index in [-0.39, 0.29) is 6.03 Å². The van der Waals surface area contributed by atoms with E-state index < -0.39 is 0 Å². The molecule has 5 heteroatoms. The summed E-state index contributed by atoms with van der Waals surface area (Å²) in [6.45, 7) is 2.04. The van der Waals surface area contributed by atoms with Crippen LogP contribution in [0, 0.1) is 0 Å². The van der Waals surface area contributed by atoms with Crippen molar-refractivity contribution in [3.05, 3.63) is 11.8 Å². The average molecular weight is 236 g/mol. The zero-order valence-corrected chi connectivity index (χ0v) is 10.3. The van der Waals surface area contributed by atoms with Crippen molar-refractivity contribution in [1.82, 2.24) is 15.5 Å². The zero-order chi connectivity index (χ0) is 12.1. The fourth-order valence-electron chi connectivity index (χ4n) is 2.27. The van der Waals surface area contributed by atoms with Crippen molar-refractivity contribution in [3.8, 4) is 0 Å². The molecular weight excluding hydrogens is 216 g/mol. The molecule has 1 saturated carbocycles. The molecule has 1 aliphatic carbocycles. The van der Waals surface area contributed by atoms with Gasteiger partial charge in [-0.2, -0.15) is 5.10 Å². The molecule has 3 N–H and O–H groups in total. The van der Waals surface area contributed by atoms with E-state index in [0.29, 0.717) is 11.9 Å². The Balaban J connectivity index is 1.84. The van der Waals surface area contributed by atoms with Crippen molar-refractivity contribution < 1.29 is 4.79 Å². The summed E-state index contributed by atoms with van der Waals surface area (Å²) < 4.78 is 0. The summed E-state index contributed by atoms with van der Waals surface area (Å²) >= 11 is 0. The van der Waals surface area contributed by atoms with Crippen LogP contribution >= 0.6 is 0 Å². The molecule has 0 unspecified atom stereocenters. The van der Waals surface area contributed by atoms with E-state index >= 15 is 0 Å². The third-order valence-corrected chi connectivity index (χ3v) is 3.28. The van der Waals surface area contributed by atoms with Crippen molar-refractivity contribution in [1.29, 1.82) is 0 Å². The van der Waals surface area contributed by atoms with Gasteiger partial charge in [-0.3, -0.25) is 10.4 Å². The number of amides is 2. The number of carbonyl (C=O) groups is 1. The molecule has 1 aliphatic rings. The smallest absolute Gasteiger partial charge is 0.320 e. The van der Waals surface area contributed by atoms with Crippen LogP contribution in [0.2, 0.25) is 0 Å². The molecule has 0 atom stereocenters. The number of urea groups is 1. The van der Waals surface area contributed by atoms with Gasteiger partial charge < -0.3 is 5.32 Å². The molecule has 1 aromatic rings. The van der Waals surface area contributed by atoms with Crippen LogP contribution in [0.4, 0.5) is 10.6 Å². The molecule has 0 aromatic carbocycles. The Morgan fingerprint density at radius 2 is 2.24 bits per heavy atom. The molecule has 0 radical (unpaired) electrons. The van der Waals surface area contributed by atoms with Gasteiger partial charge in [-0.15, -0.1) is 0 Å². The van der Waals surface area contributed by atoms with Crippen LogP contribution in [-0.4, -0.2) is 22.3 Å². The monoisotopic (exact) mass is 236 g/mol. The minimum Gasteiger partial charge on any atom is -0.335 e. The zero-order valence-electron chi connectivity index (χ0n) is 10.3. The number of carbonyl (C=O) groups excluding carboxylic acids is 1. The number of nitrogens with zero attached hydrogens (tertiary/aromatic N) is 1. The molecule has 2 rings (SSSR count). The normalized spacial score (nSPS) is 16.8. The highest BCUT2D eigenvalue weighted by Crippen LogP contribution is 2.17. The Morgan fingerprint density at radius 3 is 2.94 bits per heavy atom. The quantitative estimate of drug-likeness (QED) is 0.754. The summed E-state index contributed by atoms with van der Waals surface area (Å²) in [6, 6.07) is 0.201. The lowest BCUT2D eigenvalue weighted by Gasteiger charge is -2.22. The van der Waals surface area contributed by atoms with Gasteiger partial charge in [0.25, 0.3) is 0 Å². The van der Waals surface area contributed by atoms with Gasteiger partial charge in [-0.25, -0.2) is 4.79 Å². The fraction of sp³-hybridized carbons (Fsp3) is 0.667.